The van der Waals surface area contributed by atoms with Crippen molar-refractivity contribution in [2.45, 2.75) is 52.7 Å². The van der Waals surface area contributed by atoms with Gasteiger partial charge in [0.1, 0.15) is 0 Å². The Labute approximate surface area is 98.1 Å². The highest BCUT2D eigenvalue weighted by Gasteiger charge is 2.53. The molecule has 0 bridgehead atoms. The third-order valence-corrected chi connectivity index (χ3v) is 3.89. The zero-order chi connectivity index (χ0) is 12.1. The molecule has 2 aliphatic rings. The van der Waals surface area contributed by atoms with Crippen LogP contribution in [0.15, 0.2) is 16.0 Å². The Kier molecular flexibility index (Phi) is 2.55. The van der Waals surface area contributed by atoms with Crippen LogP contribution in [0, 0.1) is 0 Å². The molecular weight excluding hydrogens is 201 g/mol. The van der Waals surface area contributed by atoms with E-state index in [1.54, 1.807) is 0 Å². The smallest absolute Gasteiger partial charge is 0.399 e. The van der Waals surface area contributed by atoms with E-state index in [0.29, 0.717) is 0 Å². The van der Waals surface area contributed by atoms with Crippen LogP contribution in [0.1, 0.15) is 41.5 Å². The Balaban J connectivity index is 2.28. The van der Waals surface area contributed by atoms with Crippen molar-refractivity contribution in [1.82, 2.24) is 0 Å². The lowest BCUT2D eigenvalue weighted by atomic mass is 9.74. The van der Waals surface area contributed by atoms with Gasteiger partial charge >= 0.3 is 7.12 Å². The molecule has 0 unspecified atom stereocenters. The van der Waals surface area contributed by atoms with Gasteiger partial charge in [-0.1, -0.05) is 5.57 Å². The van der Waals surface area contributed by atoms with Gasteiger partial charge in [-0.25, -0.2) is 0 Å². The first kappa shape index (κ1) is 11.9. The average Bonchev–Trinajstić information content (AvgIpc) is 2.52. The average molecular weight is 221 g/mol. The SMILES string of the molecule is CC1=NCC(C)=C1B1OC(C)(C)C(C)(C)O1. The molecule has 0 N–H and O–H groups in total. The van der Waals surface area contributed by atoms with Gasteiger partial charge in [-0.15, -0.1) is 0 Å². The first-order valence-corrected chi connectivity index (χ1v) is 5.81. The lowest BCUT2D eigenvalue weighted by molar-refractivity contribution is 0.00578. The summed E-state index contributed by atoms with van der Waals surface area (Å²) in [5, 5.41) is 0. The molecule has 0 aliphatic carbocycles. The van der Waals surface area contributed by atoms with Gasteiger partial charge in [-0.2, -0.15) is 0 Å². The van der Waals surface area contributed by atoms with E-state index in [4.69, 9.17) is 9.31 Å². The molecule has 2 aliphatic heterocycles. The summed E-state index contributed by atoms with van der Waals surface area (Å²) in [4.78, 5) is 4.42. The van der Waals surface area contributed by atoms with Gasteiger partial charge in [0.15, 0.2) is 0 Å². The van der Waals surface area contributed by atoms with Crippen molar-refractivity contribution in [1.29, 1.82) is 0 Å². The van der Waals surface area contributed by atoms with Crippen LogP contribution < -0.4 is 0 Å². The Bertz CT molecular complexity index is 366. The Hall–Kier alpha value is -0.605. The molecule has 0 spiro atoms. The molecule has 88 valence electrons. The summed E-state index contributed by atoms with van der Waals surface area (Å²) in [6.07, 6.45) is 0. The number of hydrogen-bond donors (Lipinski definition) is 0. The fourth-order valence-corrected chi connectivity index (χ4v) is 2.05. The summed E-state index contributed by atoms with van der Waals surface area (Å²) in [6, 6.07) is 0. The van der Waals surface area contributed by atoms with E-state index in [1.807, 2.05) is 6.92 Å². The van der Waals surface area contributed by atoms with Crippen LogP contribution in [0.25, 0.3) is 0 Å². The van der Waals surface area contributed by atoms with Crippen molar-refractivity contribution in [3.05, 3.63) is 11.0 Å². The van der Waals surface area contributed by atoms with E-state index >= 15 is 0 Å². The van der Waals surface area contributed by atoms with Crippen LogP contribution in [0.2, 0.25) is 0 Å². The molecule has 0 aromatic carbocycles. The largest absolute Gasteiger partial charge is 0.496 e. The quantitative estimate of drug-likeness (QED) is 0.636. The van der Waals surface area contributed by atoms with E-state index in [1.165, 1.54) is 5.57 Å². The second kappa shape index (κ2) is 3.44. The molecule has 2 rings (SSSR count). The molecule has 0 aromatic rings. The lowest BCUT2D eigenvalue weighted by Crippen LogP contribution is -2.41. The van der Waals surface area contributed by atoms with E-state index < -0.39 is 0 Å². The Morgan fingerprint density at radius 1 is 1.06 bits per heavy atom. The third-order valence-electron chi connectivity index (χ3n) is 3.89. The maximum absolute atomic E-state index is 6.03. The van der Waals surface area contributed by atoms with Crippen molar-refractivity contribution in [2.75, 3.05) is 6.54 Å². The molecule has 0 amide bonds. The fourth-order valence-electron chi connectivity index (χ4n) is 2.05. The Morgan fingerprint density at radius 3 is 1.94 bits per heavy atom. The van der Waals surface area contributed by atoms with Crippen molar-refractivity contribution in [3.63, 3.8) is 0 Å². The highest BCUT2D eigenvalue weighted by atomic mass is 16.7. The van der Waals surface area contributed by atoms with Crippen molar-refractivity contribution < 1.29 is 9.31 Å². The number of nitrogens with zero attached hydrogens (tertiary/aromatic N) is 1. The molecule has 1 fully saturated rings. The predicted octanol–water partition coefficient (Wildman–Crippen LogP) is 2.41. The second-order valence-electron chi connectivity index (χ2n) is 5.68. The van der Waals surface area contributed by atoms with E-state index in [9.17, 15) is 0 Å². The predicted molar refractivity (Wildman–Crippen MR) is 66.8 cm³/mol. The summed E-state index contributed by atoms with van der Waals surface area (Å²) in [5.74, 6) is 0. The molecule has 4 heteroatoms. The molecule has 0 saturated carbocycles. The molecule has 1 saturated heterocycles. The Morgan fingerprint density at radius 2 is 1.56 bits per heavy atom. The van der Waals surface area contributed by atoms with Gasteiger partial charge in [-0.3, -0.25) is 4.99 Å². The number of allylic oxidation sites excluding steroid dienone is 1. The summed E-state index contributed by atoms with van der Waals surface area (Å²) >= 11 is 0. The summed E-state index contributed by atoms with van der Waals surface area (Å²) < 4.78 is 12.1. The van der Waals surface area contributed by atoms with Gasteiger partial charge in [-0.05, 0) is 41.5 Å². The van der Waals surface area contributed by atoms with Crippen LogP contribution in [-0.2, 0) is 9.31 Å². The van der Waals surface area contributed by atoms with E-state index in [0.717, 1.165) is 17.7 Å². The first-order valence-electron chi connectivity index (χ1n) is 5.81. The van der Waals surface area contributed by atoms with Crippen LogP contribution in [0.5, 0.6) is 0 Å². The highest BCUT2D eigenvalue weighted by molar-refractivity contribution is 6.63. The molecule has 0 radical (unpaired) electrons. The number of hydrogen-bond acceptors (Lipinski definition) is 3. The summed E-state index contributed by atoms with van der Waals surface area (Å²) in [5.41, 5.74) is 2.91. The molecule has 0 atom stereocenters. The fraction of sp³-hybridized carbons (Fsp3) is 0.750. The van der Waals surface area contributed by atoms with Gasteiger partial charge in [0.05, 0.1) is 17.7 Å². The minimum Gasteiger partial charge on any atom is -0.399 e. The maximum atomic E-state index is 6.03. The maximum Gasteiger partial charge on any atom is 0.496 e. The number of rotatable bonds is 1. The van der Waals surface area contributed by atoms with Crippen molar-refractivity contribution in [2.24, 2.45) is 4.99 Å². The lowest BCUT2D eigenvalue weighted by Gasteiger charge is -2.32. The molecule has 2 heterocycles. The third kappa shape index (κ3) is 1.64. The molecule has 0 aromatic heterocycles. The molecule has 3 nitrogen and oxygen atoms in total. The minimum absolute atomic E-state index is 0.253. The van der Waals surface area contributed by atoms with Crippen LogP contribution >= 0.6 is 0 Å². The first-order chi connectivity index (χ1) is 7.24. The number of aliphatic imine (C=N–C) groups is 1. The van der Waals surface area contributed by atoms with Gasteiger partial charge in [0.2, 0.25) is 0 Å². The molecular formula is C12H20BNO2. The highest BCUT2D eigenvalue weighted by Crippen LogP contribution is 2.39. The van der Waals surface area contributed by atoms with E-state index in [-0.39, 0.29) is 18.3 Å². The van der Waals surface area contributed by atoms with Crippen LogP contribution in [-0.4, -0.2) is 30.6 Å². The van der Waals surface area contributed by atoms with Crippen molar-refractivity contribution in [3.8, 4) is 0 Å². The minimum atomic E-state index is -0.270. The summed E-state index contributed by atoms with van der Waals surface area (Å²) in [6.45, 7) is 13.2. The van der Waals surface area contributed by atoms with Gasteiger partial charge in [0, 0.05) is 11.2 Å². The van der Waals surface area contributed by atoms with Crippen LogP contribution in [0.4, 0.5) is 0 Å². The van der Waals surface area contributed by atoms with Gasteiger partial charge in [0.25, 0.3) is 0 Å². The zero-order valence-corrected chi connectivity index (χ0v) is 11.0. The normalized spacial score (nSPS) is 27.6. The topological polar surface area (TPSA) is 30.8 Å². The monoisotopic (exact) mass is 221 g/mol. The zero-order valence-electron chi connectivity index (χ0n) is 11.0. The van der Waals surface area contributed by atoms with Crippen LogP contribution in [0.3, 0.4) is 0 Å². The summed E-state index contributed by atoms with van der Waals surface area (Å²) in [7, 11) is -0.253. The van der Waals surface area contributed by atoms with E-state index in [2.05, 4.69) is 39.6 Å². The van der Waals surface area contributed by atoms with Gasteiger partial charge < -0.3 is 9.31 Å². The molecule has 16 heavy (non-hydrogen) atoms. The van der Waals surface area contributed by atoms with Crippen molar-refractivity contribution >= 4 is 12.8 Å². The standard InChI is InChI=1S/C12H20BNO2/c1-8-7-14-9(2)10(8)13-15-11(3,4)12(5,6)16-13/h7H2,1-6H3. The second-order valence-corrected chi connectivity index (χ2v) is 5.68.